The largest absolute Gasteiger partial charge is 0.358 e. The van der Waals surface area contributed by atoms with Gasteiger partial charge in [0.15, 0.2) is 0 Å². The second kappa shape index (κ2) is 6.76. The molecule has 0 aliphatic carbocycles. The lowest BCUT2D eigenvalue weighted by atomic mass is 10.5. The standard InChI is InChI=1S/C8H19N3O3S/c1-3-11(7-8(12)10-2)15(13,14)6-4-5-9/h3-7,9H2,1-2H3,(H,10,12). The van der Waals surface area contributed by atoms with Gasteiger partial charge in [0.2, 0.25) is 15.9 Å². The monoisotopic (exact) mass is 237 g/mol. The number of likely N-dealkylation sites (N-methyl/N-ethyl adjacent to an activating group) is 2. The van der Waals surface area contributed by atoms with Gasteiger partial charge in [0.1, 0.15) is 0 Å². The number of sulfonamides is 1. The number of nitrogens with two attached hydrogens (primary N) is 1. The molecule has 0 radical (unpaired) electrons. The van der Waals surface area contributed by atoms with Gasteiger partial charge in [-0.2, -0.15) is 4.31 Å². The van der Waals surface area contributed by atoms with Gasteiger partial charge in [0.05, 0.1) is 12.3 Å². The first-order valence-corrected chi connectivity index (χ1v) is 6.47. The van der Waals surface area contributed by atoms with Crippen molar-refractivity contribution < 1.29 is 13.2 Å². The van der Waals surface area contributed by atoms with E-state index in [0.29, 0.717) is 19.5 Å². The molecule has 0 aromatic carbocycles. The van der Waals surface area contributed by atoms with Crippen LogP contribution in [0, 0.1) is 0 Å². The van der Waals surface area contributed by atoms with E-state index in [1.54, 1.807) is 6.92 Å². The smallest absolute Gasteiger partial charge is 0.235 e. The average molecular weight is 237 g/mol. The first kappa shape index (κ1) is 14.3. The second-order valence-electron chi connectivity index (χ2n) is 3.06. The Bertz CT molecular complexity index is 290. The summed E-state index contributed by atoms with van der Waals surface area (Å²) in [6, 6.07) is 0. The molecule has 3 N–H and O–H groups in total. The Balaban J connectivity index is 4.44. The maximum Gasteiger partial charge on any atom is 0.235 e. The van der Waals surface area contributed by atoms with Crippen molar-refractivity contribution in [3.05, 3.63) is 0 Å². The van der Waals surface area contributed by atoms with Crippen LogP contribution in [0.4, 0.5) is 0 Å². The van der Waals surface area contributed by atoms with Gasteiger partial charge in [0, 0.05) is 13.6 Å². The number of amides is 1. The summed E-state index contributed by atoms with van der Waals surface area (Å²) in [7, 11) is -1.87. The normalized spacial score (nSPS) is 11.7. The van der Waals surface area contributed by atoms with Crippen LogP contribution in [0.1, 0.15) is 13.3 Å². The molecule has 0 atom stereocenters. The predicted molar refractivity (Wildman–Crippen MR) is 58.8 cm³/mol. The lowest BCUT2D eigenvalue weighted by Gasteiger charge is -2.19. The minimum Gasteiger partial charge on any atom is -0.358 e. The fourth-order valence-electron chi connectivity index (χ4n) is 1.04. The minimum absolute atomic E-state index is 0.00562. The molecule has 0 spiro atoms. The molecule has 0 aliphatic rings. The van der Waals surface area contributed by atoms with Crippen molar-refractivity contribution in [1.82, 2.24) is 9.62 Å². The molecule has 0 rings (SSSR count). The summed E-state index contributed by atoms with van der Waals surface area (Å²) < 4.78 is 24.5. The Hall–Kier alpha value is -0.660. The lowest BCUT2D eigenvalue weighted by Crippen LogP contribution is -2.40. The molecule has 0 aromatic rings. The third kappa shape index (κ3) is 5.10. The highest BCUT2D eigenvalue weighted by molar-refractivity contribution is 7.89. The summed E-state index contributed by atoms with van der Waals surface area (Å²) in [6.45, 7) is 2.19. The lowest BCUT2D eigenvalue weighted by molar-refractivity contribution is -0.120. The molecule has 15 heavy (non-hydrogen) atoms. The van der Waals surface area contributed by atoms with E-state index in [-0.39, 0.29) is 18.2 Å². The molecule has 1 amide bonds. The minimum atomic E-state index is -3.35. The third-order valence-electron chi connectivity index (χ3n) is 1.95. The van der Waals surface area contributed by atoms with Crippen molar-refractivity contribution in [3.8, 4) is 0 Å². The van der Waals surface area contributed by atoms with Gasteiger partial charge >= 0.3 is 0 Å². The highest BCUT2D eigenvalue weighted by Crippen LogP contribution is 2.02. The summed E-state index contributed by atoms with van der Waals surface area (Å²) in [4.78, 5) is 11.1. The van der Waals surface area contributed by atoms with E-state index in [2.05, 4.69) is 5.32 Å². The van der Waals surface area contributed by atoms with E-state index >= 15 is 0 Å². The molecule has 7 heteroatoms. The van der Waals surface area contributed by atoms with Gasteiger partial charge in [0.25, 0.3) is 0 Å². The van der Waals surface area contributed by atoms with Crippen LogP contribution in [-0.2, 0) is 14.8 Å². The number of rotatable bonds is 7. The zero-order valence-electron chi connectivity index (χ0n) is 9.19. The second-order valence-corrected chi connectivity index (χ2v) is 5.15. The number of nitrogens with one attached hydrogen (secondary N) is 1. The SMILES string of the molecule is CCN(CC(=O)NC)S(=O)(=O)CCCN. The summed E-state index contributed by atoms with van der Waals surface area (Å²) >= 11 is 0. The number of carbonyl (C=O) groups is 1. The van der Waals surface area contributed by atoms with Crippen molar-refractivity contribution in [3.63, 3.8) is 0 Å². The zero-order valence-corrected chi connectivity index (χ0v) is 10.0. The highest BCUT2D eigenvalue weighted by Gasteiger charge is 2.21. The first-order valence-electron chi connectivity index (χ1n) is 4.86. The van der Waals surface area contributed by atoms with Crippen molar-refractivity contribution in [1.29, 1.82) is 0 Å². The van der Waals surface area contributed by atoms with Gasteiger partial charge in [-0.3, -0.25) is 4.79 Å². The molecule has 0 fully saturated rings. The maximum absolute atomic E-state index is 11.7. The van der Waals surface area contributed by atoms with E-state index in [9.17, 15) is 13.2 Å². The molecule has 0 saturated carbocycles. The van der Waals surface area contributed by atoms with Gasteiger partial charge in [-0.25, -0.2) is 8.42 Å². The number of hydrogen-bond acceptors (Lipinski definition) is 4. The summed E-state index contributed by atoms with van der Waals surface area (Å²) in [5, 5.41) is 2.39. The molecule has 0 bridgehead atoms. The topological polar surface area (TPSA) is 92.5 Å². The van der Waals surface area contributed by atoms with Gasteiger partial charge in [-0.15, -0.1) is 0 Å². The molecule has 0 heterocycles. The van der Waals surface area contributed by atoms with E-state index in [1.165, 1.54) is 7.05 Å². The highest BCUT2D eigenvalue weighted by atomic mass is 32.2. The third-order valence-corrected chi connectivity index (χ3v) is 3.93. The van der Waals surface area contributed by atoms with Crippen LogP contribution < -0.4 is 11.1 Å². The molecule has 0 aliphatic heterocycles. The Morgan fingerprint density at radius 3 is 2.47 bits per heavy atom. The fraction of sp³-hybridized carbons (Fsp3) is 0.875. The maximum atomic E-state index is 11.7. The van der Waals surface area contributed by atoms with Crippen LogP contribution in [0.15, 0.2) is 0 Å². The van der Waals surface area contributed by atoms with Gasteiger partial charge in [-0.1, -0.05) is 6.92 Å². The Morgan fingerprint density at radius 1 is 1.47 bits per heavy atom. The molecule has 0 unspecified atom stereocenters. The summed E-state index contributed by atoms with van der Waals surface area (Å²) in [6.07, 6.45) is 0.409. The van der Waals surface area contributed by atoms with Crippen LogP contribution >= 0.6 is 0 Å². The van der Waals surface area contributed by atoms with Crippen LogP contribution in [-0.4, -0.2) is 51.1 Å². The van der Waals surface area contributed by atoms with Crippen molar-refractivity contribution in [2.24, 2.45) is 5.73 Å². The summed E-state index contributed by atoms with van der Waals surface area (Å²) in [5.41, 5.74) is 5.24. The average Bonchev–Trinajstić information content (AvgIpc) is 2.22. The van der Waals surface area contributed by atoms with Gasteiger partial charge < -0.3 is 11.1 Å². The van der Waals surface area contributed by atoms with Crippen LogP contribution in [0.2, 0.25) is 0 Å². The molecule has 6 nitrogen and oxygen atoms in total. The van der Waals surface area contributed by atoms with E-state index in [1.807, 2.05) is 0 Å². The number of carbonyl (C=O) groups excluding carboxylic acids is 1. The molecule has 90 valence electrons. The Kier molecular flexibility index (Phi) is 6.46. The predicted octanol–water partition coefficient (Wildman–Crippen LogP) is -1.27. The Labute approximate surface area is 90.9 Å². The zero-order chi connectivity index (χ0) is 11.9. The van der Waals surface area contributed by atoms with Crippen molar-refractivity contribution in [2.45, 2.75) is 13.3 Å². The first-order chi connectivity index (χ1) is 6.97. The fourth-order valence-corrected chi connectivity index (χ4v) is 2.54. The van der Waals surface area contributed by atoms with Crippen LogP contribution in [0.25, 0.3) is 0 Å². The van der Waals surface area contributed by atoms with Crippen molar-refractivity contribution >= 4 is 15.9 Å². The Morgan fingerprint density at radius 2 is 2.07 bits per heavy atom. The molecular weight excluding hydrogens is 218 g/mol. The number of hydrogen-bond donors (Lipinski definition) is 2. The molecule has 0 aromatic heterocycles. The van der Waals surface area contributed by atoms with E-state index in [4.69, 9.17) is 5.73 Å². The summed E-state index contributed by atoms with van der Waals surface area (Å²) in [5.74, 6) is -0.317. The quantitative estimate of drug-likeness (QED) is 0.577. The molecule has 0 saturated heterocycles. The molecular formula is C8H19N3O3S. The van der Waals surface area contributed by atoms with Crippen LogP contribution in [0.5, 0.6) is 0 Å². The van der Waals surface area contributed by atoms with Gasteiger partial charge in [-0.05, 0) is 13.0 Å². The van der Waals surface area contributed by atoms with E-state index < -0.39 is 10.0 Å². The van der Waals surface area contributed by atoms with Crippen LogP contribution in [0.3, 0.4) is 0 Å². The van der Waals surface area contributed by atoms with Crippen molar-refractivity contribution in [2.75, 3.05) is 32.4 Å². The van der Waals surface area contributed by atoms with E-state index in [0.717, 1.165) is 4.31 Å². The number of nitrogens with zero attached hydrogens (tertiary/aromatic N) is 1.